The summed E-state index contributed by atoms with van der Waals surface area (Å²) in [5.41, 5.74) is 12.9. The van der Waals surface area contributed by atoms with Crippen molar-refractivity contribution in [1.29, 1.82) is 0 Å². The third kappa shape index (κ3) is 5.01. The number of furan rings is 1. The van der Waals surface area contributed by atoms with Crippen molar-refractivity contribution in [2.24, 2.45) is 0 Å². The van der Waals surface area contributed by atoms with Gasteiger partial charge in [0.1, 0.15) is 22.7 Å². The fourth-order valence-corrected chi connectivity index (χ4v) is 6.86. The monoisotopic (exact) mass is 620 g/mol. The highest BCUT2D eigenvalue weighted by Gasteiger charge is 2.30. The summed E-state index contributed by atoms with van der Waals surface area (Å²) >= 11 is 0. The Morgan fingerprint density at radius 3 is 1.42 bits per heavy atom. The third-order valence-corrected chi connectivity index (χ3v) is 9.15. The van der Waals surface area contributed by atoms with Crippen LogP contribution in [0.4, 0.5) is 0 Å². The standard InChI is InChI=1S/C45H32O3/c1-45(2)47-43-21-18-32(31-17-20-42-38(26-31)37-15-9-10-16-41(37)46-42)27-39(43)40-28-33(19-22-44(40)48-45)36-24-34(29-11-5-3-6-12-29)23-35(25-36)30-13-7-4-8-14-30/h3-28H,1-2H3. The van der Waals surface area contributed by atoms with E-state index < -0.39 is 5.79 Å². The highest BCUT2D eigenvalue weighted by molar-refractivity contribution is 6.06. The van der Waals surface area contributed by atoms with Crippen LogP contribution >= 0.6 is 0 Å². The molecule has 1 aliphatic rings. The van der Waals surface area contributed by atoms with Crippen LogP contribution in [0.2, 0.25) is 0 Å². The SMILES string of the molecule is CC1(C)Oc2ccc(-c3cc(-c4ccccc4)cc(-c4ccccc4)c3)cc2-c2cc(-c3ccc4oc5ccccc5c4c3)ccc2O1. The van der Waals surface area contributed by atoms with Gasteiger partial charge in [0.15, 0.2) is 0 Å². The van der Waals surface area contributed by atoms with Gasteiger partial charge in [-0.2, -0.15) is 0 Å². The van der Waals surface area contributed by atoms with Gasteiger partial charge in [-0.25, -0.2) is 0 Å². The Kier molecular flexibility index (Phi) is 6.48. The predicted molar refractivity (Wildman–Crippen MR) is 196 cm³/mol. The molecule has 3 heteroatoms. The number of hydrogen-bond acceptors (Lipinski definition) is 3. The second-order valence-electron chi connectivity index (χ2n) is 12.9. The summed E-state index contributed by atoms with van der Waals surface area (Å²) in [5, 5.41) is 2.22. The maximum Gasteiger partial charge on any atom is 0.245 e. The zero-order chi connectivity index (χ0) is 32.2. The van der Waals surface area contributed by atoms with E-state index in [4.69, 9.17) is 13.9 Å². The van der Waals surface area contributed by atoms with Crippen molar-refractivity contribution < 1.29 is 13.9 Å². The molecule has 0 amide bonds. The van der Waals surface area contributed by atoms with E-state index in [9.17, 15) is 0 Å². The third-order valence-electron chi connectivity index (χ3n) is 9.15. The molecule has 2 heterocycles. The molecule has 0 atom stereocenters. The van der Waals surface area contributed by atoms with E-state index in [0.29, 0.717) is 0 Å². The largest absolute Gasteiger partial charge is 0.456 e. The fourth-order valence-electron chi connectivity index (χ4n) is 6.86. The number of rotatable bonds is 4. The summed E-state index contributed by atoms with van der Waals surface area (Å²) in [6.45, 7) is 3.92. The second-order valence-corrected chi connectivity index (χ2v) is 12.9. The molecule has 0 spiro atoms. The zero-order valence-electron chi connectivity index (χ0n) is 26.7. The molecule has 0 saturated carbocycles. The molecule has 0 N–H and O–H groups in total. The molecule has 0 saturated heterocycles. The first-order chi connectivity index (χ1) is 23.5. The molecule has 0 fully saturated rings. The molecule has 1 aliphatic heterocycles. The average Bonchev–Trinajstić information content (AvgIpc) is 3.45. The van der Waals surface area contributed by atoms with Crippen LogP contribution in [0.15, 0.2) is 162 Å². The fraction of sp³-hybridized carbons (Fsp3) is 0.0667. The quantitative estimate of drug-likeness (QED) is 0.196. The van der Waals surface area contributed by atoms with Crippen LogP contribution in [0.5, 0.6) is 11.5 Å². The van der Waals surface area contributed by atoms with E-state index in [-0.39, 0.29) is 0 Å². The number of hydrogen-bond donors (Lipinski definition) is 0. The van der Waals surface area contributed by atoms with Gasteiger partial charge in [-0.1, -0.05) is 97.1 Å². The van der Waals surface area contributed by atoms with Crippen molar-refractivity contribution in [3.8, 4) is 67.1 Å². The molecule has 230 valence electrons. The Balaban J connectivity index is 1.21. The summed E-state index contributed by atoms with van der Waals surface area (Å²) in [5.74, 6) is 0.738. The van der Waals surface area contributed by atoms with Crippen LogP contribution in [-0.4, -0.2) is 5.79 Å². The number of benzene rings is 7. The molecule has 3 nitrogen and oxygen atoms in total. The van der Waals surface area contributed by atoms with Crippen molar-refractivity contribution in [2.75, 3.05) is 0 Å². The second kappa shape index (κ2) is 11.0. The van der Waals surface area contributed by atoms with Gasteiger partial charge in [-0.15, -0.1) is 0 Å². The lowest BCUT2D eigenvalue weighted by molar-refractivity contribution is -0.0778. The average molecular weight is 621 g/mol. The summed E-state index contributed by atoms with van der Waals surface area (Å²) in [6, 6.07) is 55.5. The predicted octanol–water partition coefficient (Wildman–Crippen LogP) is 12.4. The topological polar surface area (TPSA) is 31.6 Å². The normalized spacial score (nSPS) is 13.3. The molecule has 0 radical (unpaired) electrons. The maximum atomic E-state index is 6.51. The Morgan fingerprint density at radius 1 is 0.354 bits per heavy atom. The Bertz CT molecular complexity index is 2410. The molecule has 0 unspecified atom stereocenters. The molecule has 9 rings (SSSR count). The molecule has 1 aromatic heterocycles. The van der Waals surface area contributed by atoms with Crippen LogP contribution in [0.25, 0.3) is 77.6 Å². The van der Waals surface area contributed by atoms with Crippen molar-refractivity contribution in [2.45, 2.75) is 19.6 Å². The minimum atomic E-state index is -0.842. The van der Waals surface area contributed by atoms with Gasteiger partial charge in [0.25, 0.3) is 0 Å². The van der Waals surface area contributed by atoms with Gasteiger partial charge >= 0.3 is 0 Å². The number of para-hydroxylation sites is 1. The first-order valence-electron chi connectivity index (χ1n) is 16.3. The van der Waals surface area contributed by atoms with E-state index in [2.05, 4.69) is 146 Å². The Labute approximate surface area is 279 Å². The summed E-state index contributed by atoms with van der Waals surface area (Å²) < 4.78 is 19.1. The van der Waals surface area contributed by atoms with E-state index in [1.54, 1.807) is 0 Å². The lowest BCUT2D eigenvalue weighted by atomic mass is 9.91. The zero-order valence-corrected chi connectivity index (χ0v) is 26.7. The van der Waals surface area contributed by atoms with Gasteiger partial charge < -0.3 is 13.9 Å². The first kappa shape index (κ1) is 28.2. The van der Waals surface area contributed by atoms with Gasteiger partial charge in [0, 0.05) is 35.7 Å². The Hall–Kier alpha value is -6.06. The van der Waals surface area contributed by atoms with E-state index in [1.165, 1.54) is 22.3 Å². The molecule has 0 aliphatic carbocycles. The summed E-state index contributed by atoms with van der Waals surface area (Å²) in [4.78, 5) is 0. The maximum absolute atomic E-state index is 6.51. The molecule has 8 aromatic rings. The molecule has 48 heavy (non-hydrogen) atoms. The molecular formula is C45H32O3. The van der Waals surface area contributed by atoms with Crippen LogP contribution < -0.4 is 9.47 Å². The van der Waals surface area contributed by atoms with E-state index >= 15 is 0 Å². The summed E-state index contributed by atoms with van der Waals surface area (Å²) in [7, 11) is 0. The highest BCUT2D eigenvalue weighted by Crippen LogP contribution is 2.46. The molecule has 0 bridgehead atoms. The minimum absolute atomic E-state index is 0.789. The molecular weight excluding hydrogens is 588 g/mol. The first-order valence-corrected chi connectivity index (χ1v) is 16.3. The smallest absolute Gasteiger partial charge is 0.245 e. The highest BCUT2D eigenvalue weighted by atomic mass is 16.7. The van der Waals surface area contributed by atoms with Crippen molar-refractivity contribution in [3.63, 3.8) is 0 Å². The van der Waals surface area contributed by atoms with Crippen LogP contribution in [-0.2, 0) is 0 Å². The van der Waals surface area contributed by atoms with Gasteiger partial charge in [-0.05, 0) is 105 Å². The van der Waals surface area contributed by atoms with Crippen molar-refractivity contribution >= 4 is 21.9 Å². The van der Waals surface area contributed by atoms with Gasteiger partial charge in [-0.3, -0.25) is 0 Å². The lowest BCUT2D eigenvalue weighted by Crippen LogP contribution is -2.34. The van der Waals surface area contributed by atoms with Crippen LogP contribution in [0, 0.1) is 0 Å². The Morgan fingerprint density at radius 2 is 0.812 bits per heavy atom. The molecule has 7 aromatic carbocycles. The van der Waals surface area contributed by atoms with Gasteiger partial charge in [0.05, 0.1) is 0 Å². The van der Waals surface area contributed by atoms with Crippen molar-refractivity contribution in [3.05, 3.63) is 158 Å². The number of fused-ring (bicyclic) bond motifs is 6. The number of ether oxygens (including phenoxy) is 2. The minimum Gasteiger partial charge on any atom is -0.456 e. The van der Waals surface area contributed by atoms with Crippen LogP contribution in [0.1, 0.15) is 13.8 Å². The van der Waals surface area contributed by atoms with Crippen molar-refractivity contribution in [1.82, 2.24) is 0 Å². The summed E-state index contributed by atoms with van der Waals surface area (Å²) in [6.07, 6.45) is 0. The van der Waals surface area contributed by atoms with Crippen LogP contribution in [0.3, 0.4) is 0 Å². The van der Waals surface area contributed by atoms with E-state index in [0.717, 1.165) is 66.8 Å². The lowest BCUT2D eigenvalue weighted by Gasteiger charge is -2.25. The van der Waals surface area contributed by atoms with E-state index in [1.807, 2.05) is 26.0 Å². The van der Waals surface area contributed by atoms with Gasteiger partial charge in [0.2, 0.25) is 5.79 Å².